The van der Waals surface area contributed by atoms with Crippen LogP contribution < -0.4 is 5.32 Å². The van der Waals surface area contributed by atoms with E-state index >= 15 is 0 Å². The average molecular weight is 216 g/mol. The van der Waals surface area contributed by atoms with Gasteiger partial charge in [0.15, 0.2) is 0 Å². The lowest BCUT2D eigenvalue weighted by molar-refractivity contribution is 0.192. The first kappa shape index (κ1) is 11.8. The Morgan fingerprint density at radius 3 is 2.75 bits per heavy atom. The van der Waals surface area contributed by atoms with Crippen molar-refractivity contribution in [3.8, 4) is 6.07 Å². The predicted octanol–water partition coefficient (Wildman–Crippen LogP) is 1.95. The molecule has 4 nitrogen and oxygen atoms in total. The second-order valence-corrected chi connectivity index (χ2v) is 3.23. The van der Waals surface area contributed by atoms with Crippen molar-refractivity contribution in [1.29, 1.82) is 5.26 Å². The summed E-state index contributed by atoms with van der Waals surface area (Å²) in [5, 5.41) is 19.4. The van der Waals surface area contributed by atoms with Gasteiger partial charge in [-0.25, -0.2) is 4.79 Å². The normalized spacial score (nSPS) is 11.9. The summed E-state index contributed by atoms with van der Waals surface area (Å²) in [6.45, 7) is 0. The van der Waals surface area contributed by atoms with Crippen molar-refractivity contribution < 1.29 is 9.90 Å². The first-order valence-corrected chi connectivity index (χ1v) is 4.82. The molecule has 0 saturated heterocycles. The highest BCUT2D eigenvalue weighted by Crippen LogP contribution is 2.04. The van der Waals surface area contributed by atoms with Crippen LogP contribution in [0.15, 0.2) is 42.5 Å². The third-order valence-corrected chi connectivity index (χ3v) is 2.01. The van der Waals surface area contributed by atoms with E-state index in [0.29, 0.717) is 6.42 Å². The molecule has 2 N–H and O–H groups in total. The highest BCUT2D eigenvalue weighted by Gasteiger charge is 2.08. The van der Waals surface area contributed by atoms with E-state index in [1.54, 1.807) is 6.08 Å². The van der Waals surface area contributed by atoms with E-state index in [1.807, 2.05) is 36.4 Å². The van der Waals surface area contributed by atoms with E-state index in [0.717, 1.165) is 5.56 Å². The molecule has 1 aromatic rings. The van der Waals surface area contributed by atoms with Crippen LogP contribution in [-0.4, -0.2) is 17.2 Å². The molecular weight excluding hydrogens is 204 g/mol. The molecule has 16 heavy (non-hydrogen) atoms. The lowest BCUT2D eigenvalue weighted by Gasteiger charge is -2.12. The molecule has 0 aromatic heterocycles. The van der Waals surface area contributed by atoms with Crippen LogP contribution in [0.2, 0.25) is 0 Å². The maximum Gasteiger partial charge on any atom is 0.405 e. The number of amides is 1. The first-order chi connectivity index (χ1) is 7.72. The highest BCUT2D eigenvalue weighted by atomic mass is 16.4. The van der Waals surface area contributed by atoms with Gasteiger partial charge in [0, 0.05) is 6.08 Å². The molecule has 0 aliphatic carbocycles. The third kappa shape index (κ3) is 4.29. The summed E-state index contributed by atoms with van der Waals surface area (Å²) < 4.78 is 0. The standard InChI is InChI=1S/C12H12N2O2/c13-8-4-7-11(14-12(15)16)9-10-5-2-1-3-6-10/h1-7,11,14H,9H2,(H,15,16)/b7-4+. The number of nitrogens with one attached hydrogen (secondary N) is 1. The Bertz CT molecular complexity index is 407. The smallest absolute Gasteiger partial charge is 0.405 e. The number of hydrogen-bond donors (Lipinski definition) is 2. The van der Waals surface area contributed by atoms with Gasteiger partial charge in [0.25, 0.3) is 0 Å². The van der Waals surface area contributed by atoms with Gasteiger partial charge in [-0.05, 0) is 12.0 Å². The summed E-state index contributed by atoms with van der Waals surface area (Å²) in [6.07, 6.45) is 2.26. The number of nitriles is 1. The number of allylic oxidation sites excluding steroid dienone is 1. The zero-order valence-corrected chi connectivity index (χ0v) is 8.63. The quantitative estimate of drug-likeness (QED) is 0.755. The zero-order chi connectivity index (χ0) is 11.8. The van der Waals surface area contributed by atoms with E-state index in [-0.39, 0.29) is 6.04 Å². The summed E-state index contributed by atoms with van der Waals surface area (Å²) >= 11 is 0. The van der Waals surface area contributed by atoms with Crippen molar-refractivity contribution in [2.24, 2.45) is 0 Å². The minimum atomic E-state index is -1.09. The number of rotatable bonds is 4. The lowest BCUT2D eigenvalue weighted by Crippen LogP contribution is -2.33. The van der Waals surface area contributed by atoms with Gasteiger partial charge in [-0.15, -0.1) is 0 Å². The maximum absolute atomic E-state index is 10.5. The number of benzene rings is 1. The molecule has 0 aliphatic rings. The van der Waals surface area contributed by atoms with Crippen molar-refractivity contribution in [3.05, 3.63) is 48.0 Å². The molecule has 4 heteroatoms. The predicted molar refractivity (Wildman–Crippen MR) is 59.8 cm³/mol. The summed E-state index contributed by atoms with van der Waals surface area (Å²) in [7, 11) is 0. The van der Waals surface area contributed by atoms with Gasteiger partial charge in [0.05, 0.1) is 12.1 Å². The molecule has 0 fully saturated rings. The van der Waals surface area contributed by atoms with Gasteiger partial charge in [0.2, 0.25) is 0 Å². The van der Waals surface area contributed by atoms with Crippen LogP contribution in [0.25, 0.3) is 0 Å². The van der Waals surface area contributed by atoms with Crippen LogP contribution in [-0.2, 0) is 6.42 Å². The first-order valence-electron chi connectivity index (χ1n) is 4.82. The Morgan fingerprint density at radius 2 is 2.19 bits per heavy atom. The minimum Gasteiger partial charge on any atom is -0.465 e. The van der Waals surface area contributed by atoms with E-state index in [9.17, 15) is 4.79 Å². The van der Waals surface area contributed by atoms with Crippen LogP contribution in [0.5, 0.6) is 0 Å². The third-order valence-electron chi connectivity index (χ3n) is 2.01. The molecule has 0 spiro atoms. The van der Waals surface area contributed by atoms with Gasteiger partial charge in [-0.3, -0.25) is 0 Å². The van der Waals surface area contributed by atoms with Gasteiger partial charge in [-0.1, -0.05) is 36.4 Å². The largest absolute Gasteiger partial charge is 0.465 e. The SMILES string of the molecule is N#C/C=C/C(Cc1ccccc1)NC(=O)O. The number of nitrogens with zero attached hydrogens (tertiary/aromatic N) is 1. The van der Waals surface area contributed by atoms with Gasteiger partial charge in [-0.2, -0.15) is 5.26 Å². The van der Waals surface area contributed by atoms with Gasteiger partial charge >= 0.3 is 6.09 Å². The van der Waals surface area contributed by atoms with Crippen LogP contribution in [0.3, 0.4) is 0 Å². The second kappa shape index (κ2) is 6.25. The van der Waals surface area contributed by atoms with Crippen molar-refractivity contribution in [2.45, 2.75) is 12.5 Å². The zero-order valence-electron chi connectivity index (χ0n) is 8.63. The molecule has 0 bridgehead atoms. The Balaban J connectivity index is 2.67. The van der Waals surface area contributed by atoms with Crippen LogP contribution in [0, 0.1) is 11.3 Å². The summed E-state index contributed by atoms with van der Waals surface area (Å²) in [5.74, 6) is 0. The molecule has 0 saturated carbocycles. The van der Waals surface area contributed by atoms with Crippen LogP contribution in [0.1, 0.15) is 5.56 Å². The molecule has 0 radical (unpaired) electrons. The average Bonchev–Trinajstić information content (AvgIpc) is 2.26. The van der Waals surface area contributed by atoms with Crippen molar-refractivity contribution >= 4 is 6.09 Å². The highest BCUT2D eigenvalue weighted by molar-refractivity contribution is 5.65. The Morgan fingerprint density at radius 1 is 1.50 bits per heavy atom. The van der Waals surface area contributed by atoms with Crippen molar-refractivity contribution in [1.82, 2.24) is 5.32 Å². The van der Waals surface area contributed by atoms with Crippen LogP contribution in [0.4, 0.5) is 4.79 Å². The van der Waals surface area contributed by atoms with Crippen molar-refractivity contribution in [2.75, 3.05) is 0 Å². The summed E-state index contributed by atoms with van der Waals surface area (Å²) in [4.78, 5) is 10.5. The fourth-order valence-corrected chi connectivity index (χ4v) is 1.35. The summed E-state index contributed by atoms with van der Waals surface area (Å²) in [5.41, 5.74) is 1.02. The molecular formula is C12H12N2O2. The molecule has 0 heterocycles. The molecule has 1 atom stereocenters. The van der Waals surface area contributed by atoms with E-state index < -0.39 is 6.09 Å². The Hall–Kier alpha value is -2.28. The molecule has 1 amide bonds. The topological polar surface area (TPSA) is 73.1 Å². The summed E-state index contributed by atoms with van der Waals surface area (Å²) in [6, 6.07) is 11.0. The number of carbonyl (C=O) groups is 1. The molecule has 1 rings (SSSR count). The van der Waals surface area contributed by atoms with E-state index in [4.69, 9.17) is 10.4 Å². The molecule has 1 unspecified atom stereocenters. The van der Waals surface area contributed by atoms with Gasteiger partial charge in [0.1, 0.15) is 0 Å². The molecule has 1 aromatic carbocycles. The maximum atomic E-state index is 10.5. The molecule has 82 valence electrons. The van der Waals surface area contributed by atoms with Crippen LogP contribution >= 0.6 is 0 Å². The fraction of sp³-hybridized carbons (Fsp3) is 0.167. The fourth-order valence-electron chi connectivity index (χ4n) is 1.35. The number of carboxylic acid groups (broad SMARTS) is 1. The molecule has 0 aliphatic heterocycles. The Kier molecular flexibility index (Phi) is 4.61. The van der Waals surface area contributed by atoms with Gasteiger partial charge < -0.3 is 10.4 Å². The lowest BCUT2D eigenvalue weighted by atomic mass is 10.1. The van der Waals surface area contributed by atoms with Crippen molar-refractivity contribution in [3.63, 3.8) is 0 Å². The van der Waals surface area contributed by atoms with E-state index in [1.165, 1.54) is 6.08 Å². The Labute approximate surface area is 93.8 Å². The minimum absolute atomic E-state index is 0.375. The number of hydrogen-bond acceptors (Lipinski definition) is 2. The monoisotopic (exact) mass is 216 g/mol. The van der Waals surface area contributed by atoms with E-state index in [2.05, 4.69) is 5.32 Å². The second-order valence-electron chi connectivity index (χ2n) is 3.23.